The van der Waals surface area contributed by atoms with E-state index in [2.05, 4.69) is 5.32 Å². The molecule has 0 aliphatic carbocycles. The molecule has 0 aromatic heterocycles. The zero-order valence-corrected chi connectivity index (χ0v) is 16.3. The van der Waals surface area contributed by atoms with Gasteiger partial charge in [0, 0.05) is 18.3 Å². The Balaban J connectivity index is 1.80. The molecule has 2 aromatic carbocycles. The number of sulfonamides is 1. The van der Waals surface area contributed by atoms with Crippen molar-refractivity contribution in [1.82, 2.24) is 4.31 Å². The van der Waals surface area contributed by atoms with Crippen molar-refractivity contribution < 1.29 is 27.1 Å². The molecule has 3 rings (SSSR count). The number of amides is 1. The van der Waals surface area contributed by atoms with Crippen LogP contribution in [0.3, 0.4) is 0 Å². The highest BCUT2D eigenvalue weighted by atomic mass is 32.2. The number of rotatable bonds is 6. The maximum absolute atomic E-state index is 13.1. The molecule has 9 heteroatoms. The van der Waals surface area contributed by atoms with Crippen molar-refractivity contribution in [3.8, 4) is 11.5 Å². The Hall–Kier alpha value is -2.65. The maximum atomic E-state index is 13.1. The number of carbonyl (C=O) groups is 1. The van der Waals surface area contributed by atoms with Gasteiger partial charge in [-0.05, 0) is 49.2 Å². The Morgan fingerprint density at radius 1 is 1.11 bits per heavy atom. The Labute approximate surface area is 163 Å². The van der Waals surface area contributed by atoms with Gasteiger partial charge in [-0.25, -0.2) is 12.8 Å². The standard InChI is InChI=1S/C19H21FN2O5S/c1-26-17-10-7-14(12-18(17)27-2)21-19(23)16-4-3-11-22(16)28(24,25)15-8-5-13(20)6-9-15/h5-10,12,16H,3-4,11H2,1-2H3,(H,21,23). The van der Waals surface area contributed by atoms with Gasteiger partial charge in [-0.2, -0.15) is 4.31 Å². The van der Waals surface area contributed by atoms with Gasteiger partial charge >= 0.3 is 0 Å². The molecular formula is C19H21FN2O5S. The molecule has 1 saturated heterocycles. The van der Waals surface area contributed by atoms with Crippen LogP contribution in [-0.4, -0.2) is 45.4 Å². The van der Waals surface area contributed by atoms with Gasteiger partial charge < -0.3 is 14.8 Å². The van der Waals surface area contributed by atoms with Crippen molar-refractivity contribution in [1.29, 1.82) is 0 Å². The number of hydrogen-bond acceptors (Lipinski definition) is 5. The summed E-state index contributed by atoms with van der Waals surface area (Å²) in [7, 11) is -0.914. The minimum atomic E-state index is -3.90. The van der Waals surface area contributed by atoms with Crippen LogP contribution in [0, 0.1) is 5.82 Å². The van der Waals surface area contributed by atoms with Crippen LogP contribution in [-0.2, 0) is 14.8 Å². The number of halogens is 1. The van der Waals surface area contributed by atoms with E-state index in [0.29, 0.717) is 30.0 Å². The van der Waals surface area contributed by atoms with E-state index in [1.165, 1.54) is 26.4 Å². The summed E-state index contributed by atoms with van der Waals surface area (Å²) in [5.74, 6) is 0.00270. The van der Waals surface area contributed by atoms with Gasteiger partial charge in [0.15, 0.2) is 11.5 Å². The van der Waals surface area contributed by atoms with Crippen molar-refractivity contribution >= 4 is 21.6 Å². The lowest BCUT2D eigenvalue weighted by atomic mass is 10.2. The first-order valence-electron chi connectivity index (χ1n) is 8.67. The van der Waals surface area contributed by atoms with E-state index in [1.54, 1.807) is 18.2 Å². The molecule has 1 atom stereocenters. The second kappa shape index (κ2) is 8.15. The molecule has 1 aliphatic rings. The van der Waals surface area contributed by atoms with Gasteiger partial charge in [-0.3, -0.25) is 4.79 Å². The highest BCUT2D eigenvalue weighted by molar-refractivity contribution is 7.89. The first-order valence-corrected chi connectivity index (χ1v) is 10.1. The second-order valence-corrected chi connectivity index (χ2v) is 8.18. The number of nitrogens with zero attached hydrogens (tertiary/aromatic N) is 1. The van der Waals surface area contributed by atoms with E-state index in [1.807, 2.05) is 0 Å². The third-order valence-electron chi connectivity index (χ3n) is 4.58. The predicted molar refractivity (Wildman–Crippen MR) is 101 cm³/mol. The van der Waals surface area contributed by atoms with Crippen molar-refractivity contribution in [3.05, 3.63) is 48.3 Å². The number of anilines is 1. The van der Waals surface area contributed by atoms with Crippen molar-refractivity contribution in [2.24, 2.45) is 0 Å². The quantitative estimate of drug-likeness (QED) is 0.794. The van der Waals surface area contributed by atoms with E-state index in [4.69, 9.17) is 9.47 Å². The maximum Gasteiger partial charge on any atom is 0.243 e. The molecule has 2 aromatic rings. The number of ether oxygens (including phenoxy) is 2. The number of carbonyl (C=O) groups excluding carboxylic acids is 1. The topological polar surface area (TPSA) is 84.9 Å². The summed E-state index contributed by atoms with van der Waals surface area (Å²) in [5, 5.41) is 2.73. The zero-order valence-electron chi connectivity index (χ0n) is 15.5. The van der Waals surface area contributed by atoms with E-state index in [9.17, 15) is 17.6 Å². The van der Waals surface area contributed by atoms with E-state index >= 15 is 0 Å². The van der Waals surface area contributed by atoms with Crippen LogP contribution in [0.5, 0.6) is 11.5 Å². The van der Waals surface area contributed by atoms with Gasteiger partial charge in [0.2, 0.25) is 15.9 Å². The van der Waals surface area contributed by atoms with Crippen molar-refractivity contribution in [2.45, 2.75) is 23.8 Å². The normalized spacial score (nSPS) is 17.3. The summed E-state index contributed by atoms with van der Waals surface area (Å²) in [6.07, 6.45) is 0.962. The minimum absolute atomic E-state index is 0.0419. The third-order valence-corrected chi connectivity index (χ3v) is 6.50. The lowest BCUT2D eigenvalue weighted by Gasteiger charge is -2.23. The Bertz CT molecular complexity index is 963. The van der Waals surface area contributed by atoms with Crippen LogP contribution in [0.2, 0.25) is 0 Å². The number of methoxy groups -OCH3 is 2. The first kappa shape index (κ1) is 20.1. The first-order chi connectivity index (χ1) is 13.4. The average Bonchev–Trinajstić information content (AvgIpc) is 3.19. The summed E-state index contributed by atoms with van der Waals surface area (Å²) >= 11 is 0. The summed E-state index contributed by atoms with van der Waals surface area (Å²) in [4.78, 5) is 12.7. The lowest BCUT2D eigenvalue weighted by Crippen LogP contribution is -2.43. The van der Waals surface area contributed by atoms with Crippen LogP contribution in [0.25, 0.3) is 0 Å². The minimum Gasteiger partial charge on any atom is -0.493 e. The van der Waals surface area contributed by atoms with Crippen LogP contribution < -0.4 is 14.8 Å². The molecule has 1 amide bonds. The fraction of sp³-hybridized carbons (Fsp3) is 0.316. The molecule has 0 saturated carbocycles. The second-order valence-electron chi connectivity index (χ2n) is 6.29. The third kappa shape index (κ3) is 3.95. The van der Waals surface area contributed by atoms with E-state index < -0.39 is 27.8 Å². The van der Waals surface area contributed by atoms with Crippen LogP contribution in [0.15, 0.2) is 47.4 Å². The van der Waals surface area contributed by atoms with Crippen LogP contribution in [0.1, 0.15) is 12.8 Å². The Morgan fingerprint density at radius 3 is 2.43 bits per heavy atom. The van der Waals surface area contributed by atoms with Crippen molar-refractivity contribution in [2.75, 3.05) is 26.1 Å². The van der Waals surface area contributed by atoms with Crippen LogP contribution in [0.4, 0.5) is 10.1 Å². The largest absolute Gasteiger partial charge is 0.493 e. The highest BCUT2D eigenvalue weighted by Crippen LogP contribution is 2.31. The fourth-order valence-corrected chi connectivity index (χ4v) is 4.83. The molecule has 1 fully saturated rings. The molecule has 0 bridgehead atoms. The molecule has 1 heterocycles. The monoisotopic (exact) mass is 408 g/mol. The van der Waals surface area contributed by atoms with E-state index in [0.717, 1.165) is 16.4 Å². The molecule has 1 aliphatic heterocycles. The molecule has 0 radical (unpaired) electrons. The average molecular weight is 408 g/mol. The zero-order chi connectivity index (χ0) is 20.3. The number of nitrogens with one attached hydrogen (secondary N) is 1. The number of hydrogen-bond donors (Lipinski definition) is 1. The Kier molecular flexibility index (Phi) is 5.85. The summed E-state index contributed by atoms with van der Waals surface area (Å²) in [5.41, 5.74) is 0.466. The number of benzene rings is 2. The van der Waals surface area contributed by atoms with Gasteiger partial charge in [0.05, 0.1) is 19.1 Å². The van der Waals surface area contributed by atoms with Gasteiger partial charge in [-0.15, -0.1) is 0 Å². The molecule has 150 valence electrons. The van der Waals surface area contributed by atoms with Gasteiger partial charge in [-0.1, -0.05) is 0 Å². The molecule has 1 unspecified atom stereocenters. The molecular weight excluding hydrogens is 387 g/mol. The molecule has 7 nitrogen and oxygen atoms in total. The predicted octanol–water partition coefficient (Wildman–Crippen LogP) is 2.63. The van der Waals surface area contributed by atoms with Crippen LogP contribution >= 0.6 is 0 Å². The summed E-state index contributed by atoms with van der Waals surface area (Å²) in [6.45, 7) is 0.226. The van der Waals surface area contributed by atoms with E-state index in [-0.39, 0.29) is 11.4 Å². The molecule has 1 N–H and O–H groups in total. The smallest absolute Gasteiger partial charge is 0.243 e. The molecule has 28 heavy (non-hydrogen) atoms. The van der Waals surface area contributed by atoms with Gasteiger partial charge in [0.1, 0.15) is 11.9 Å². The summed E-state index contributed by atoms with van der Waals surface area (Å²) in [6, 6.07) is 8.62. The van der Waals surface area contributed by atoms with Gasteiger partial charge in [0.25, 0.3) is 0 Å². The fourth-order valence-electron chi connectivity index (χ4n) is 3.17. The van der Waals surface area contributed by atoms with Crippen molar-refractivity contribution in [3.63, 3.8) is 0 Å². The highest BCUT2D eigenvalue weighted by Gasteiger charge is 2.39. The summed E-state index contributed by atoms with van der Waals surface area (Å²) < 4.78 is 50.4. The molecule has 0 spiro atoms. The lowest BCUT2D eigenvalue weighted by molar-refractivity contribution is -0.119. The Morgan fingerprint density at radius 2 is 1.79 bits per heavy atom. The SMILES string of the molecule is COc1ccc(NC(=O)C2CCCN2S(=O)(=O)c2ccc(F)cc2)cc1OC.